The number of nitrogens with zero attached hydrogens (tertiary/aromatic N) is 2. The van der Waals surface area contributed by atoms with Crippen molar-refractivity contribution in [3.05, 3.63) is 87.2 Å². The average molecular weight is 411 g/mol. The topological polar surface area (TPSA) is 75.2 Å². The minimum atomic E-state index is -0.815. The van der Waals surface area contributed by atoms with Crippen LogP contribution >= 0.6 is 23.2 Å². The second-order valence-corrected chi connectivity index (χ2v) is 6.75. The van der Waals surface area contributed by atoms with E-state index in [1.54, 1.807) is 30.3 Å². The molecular weight excluding hydrogens is 399 g/mol. The van der Waals surface area contributed by atoms with Gasteiger partial charge < -0.3 is 9.52 Å². The number of benzene rings is 3. The molecule has 0 radical (unpaired) electrons. The Morgan fingerprint density at radius 2 is 1.46 bits per heavy atom. The van der Waals surface area contributed by atoms with Crippen molar-refractivity contribution in [3.63, 3.8) is 0 Å². The first-order valence-electron chi connectivity index (χ1n) is 8.25. The van der Waals surface area contributed by atoms with Crippen molar-refractivity contribution in [1.29, 1.82) is 0 Å². The van der Waals surface area contributed by atoms with E-state index in [1.807, 2.05) is 36.4 Å². The lowest BCUT2D eigenvalue weighted by Gasteiger charge is -2.06. The molecule has 5 nitrogen and oxygen atoms in total. The maximum atomic E-state index is 12.3. The zero-order valence-electron chi connectivity index (χ0n) is 14.3. The van der Waals surface area contributed by atoms with Gasteiger partial charge in [0.15, 0.2) is 5.75 Å². The SMILES string of the molecule is O=c1oc2ccc(-c3ccccc3)cc2c(O)c1N=Nc1c(Cl)cccc1Cl. The van der Waals surface area contributed by atoms with Crippen molar-refractivity contribution in [3.8, 4) is 16.9 Å². The standard InChI is InChI=1S/C21H12Cl2N2O3/c22-15-7-4-8-16(23)18(15)24-25-19-20(26)14-11-13(12-5-2-1-3-6-12)9-10-17(14)28-21(19)27/h1-11,26H. The first kappa shape index (κ1) is 18.2. The van der Waals surface area contributed by atoms with Gasteiger partial charge in [0.05, 0.1) is 15.4 Å². The molecule has 7 heteroatoms. The van der Waals surface area contributed by atoms with Crippen molar-refractivity contribution in [1.82, 2.24) is 0 Å². The summed E-state index contributed by atoms with van der Waals surface area (Å²) < 4.78 is 5.28. The van der Waals surface area contributed by atoms with Gasteiger partial charge in [0.25, 0.3) is 0 Å². The van der Waals surface area contributed by atoms with Crippen molar-refractivity contribution >= 4 is 45.5 Å². The summed E-state index contributed by atoms with van der Waals surface area (Å²) in [6.07, 6.45) is 0. The molecule has 0 fully saturated rings. The molecule has 138 valence electrons. The van der Waals surface area contributed by atoms with Gasteiger partial charge in [0.2, 0.25) is 5.69 Å². The normalized spacial score (nSPS) is 11.4. The molecule has 1 N–H and O–H groups in total. The quantitative estimate of drug-likeness (QED) is 0.295. The Labute approximate surface area is 169 Å². The van der Waals surface area contributed by atoms with Gasteiger partial charge in [-0.1, -0.05) is 65.7 Å². The Hall–Kier alpha value is -3.15. The number of hydrogen-bond donors (Lipinski definition) is 1. The summed E-state index contributed by atoms with van der Waals surface area (Å²) in [6, 6.07) is 19.6. The maximum absolute atomic E-state index is 12.3. The third kappa shape index (κ3) is 3.38. The molecule has 0 aliphatic rings. The van der Waals surface area contributed by atoms with Gasteiger partial charge in [-0.05, 0) is 35.4 Å². The minimum Gasteiger partial charge on any atom is -0.505 e. The smallest absolute Gasteiger partial charge is 0.368 e. The second-order valence-electron chi connectivity index (χ2n) is 5.93. The van der Waals surface area contributed by atoms with Crippen LogP contribution in [0, 0.1) is 0 Å². The van der Waals surface area contributed by atoms with Crippen LogP contribution in [0.1, 0.15) is 0 Å². The molecule has 0 unspecified atom stereocenters. The molecule has 28 heavy (non-hydrogen) atoms. The first-order valence-corrected chi connectivity index (χ1v) is 9.01. The molecule has 3 aromatic carbocycles. The van der Waals surface area contributed by atoms with Crippen LogP contribution in [-0.2, 0) is 0 Å². The van der Waals surface area contributed by atoms with E-state index in [9.17, 15) is 9.90 Å². The summed E-state index contributed by atoms with van der Waals surface area (Å²) in [7, 11) is 0. The number of halogens is 2. The van der Waals surface area contributed by atoms with Crippen LogP contribution in [0.2, 0.25) is 10.0 Å². The highest BCUT2D eigenvalue weighted by atomic mass is 35.5. The summed E-state index contributed by atoms with van der Waals surface area (Å²) in [6.45, 7) is 0. The van der Waals surface area contributed by atoms with E-state index in [0.717, 1.165) is 11.1 Å². The monoisotopic (exact) mass is 410 g/mol. The van der Waals surface area contributed by atoms with Crippen LogP contribution in [0.5, 0.6) is 5.75 Å². The van der Waals surface area contributed by atoms with Crippen molar-refractivity contribution in [2.24, 2.45) is 10.2 Å². The van der Waals surface area contributed by atoms with Crippen LogP contribution < -0.4 is 5.63 Å². The average Bonchev–Trinajstić information content (AvgIpc) is 2.70. The van der Waals surface area contributed by atoms with E-state index in [-0.39, 0.29) is 32.8 Å². The fourth-order valence-electron chi connectivity index (χ4n) is 2.76. The Bertz CT molecular complexity index is 1250. The van der Waals surface area contributed by atoms with Gasteiger partial charge in [-0.15, -0.1) is 10.2 Å². The molecule has 0 amide bonds. The number of aromatic hydroxyl groups is 1. The molecule has 0 aliphatic carbocycles. The zero-order chi connectivity index (χ0) is 19.7. The highest BCUT2D eigenvalue weighted by molar-refractivity contribution is 6.38. The van der Waals surface area contributed by atoms with Gasteiger partial charge in [-0.25, -0.2) is 4.79 Å². The maximum Gasteiger partial charge on any atom is 0.368 e. The molecule has 0 atom stereocenters. The van der Waals surface area contributed by atoms with E-state index in [1.165, 1.54) is 0 Å². The third-order valence-corrected chi connectivity index (χ3v) is 4.76. The van der Waals surface area contributed by atoms with Gasteiger partial charge in [0, 0.05) is 0 Å². The highest BCUT2D eigenvalue weighted by Gasteiger charge is 2.15. The van der Waals surface area contributed by atoms with E-state index < -0.39 is 5.63 Å². The Kier molecular flexibility index (Phi) is 4.86. The molecule has 4 aromatic rings. The Morgan fingerprint density at radius 3 is 2.18 bits per heavy atom. The first-order chi connectivity index (χ1) is 13.5. The predicted octanol–water partition coefficient (Wildman–Crippen LogP) is 6.89. The largest absolute Gasteiger partial charge is 0.505 e. The zero-order valence-corrected chi connectivity index (χ0v) is 15.8. The second kappa shape index (κ2) is 7.46. The van der Waals surface area contributed by atoms with Gasteiger partial charge in [-0.2, -0.15) is 0 Å². The number of fused-ring (bicyclic) bond motifs is 1. The van der Waals surface area contributed by atoms with Gasteiger partial charge in [-0.3, -0.25) is 0 Å². The molecule has 4 rings (SSSR count). The predicted molar refractivity (Wildman–Crippen MR) is 110 cm³/mol. The molecule has 0 spiro atoms. The van der Waals surface area contributed by atoms with Crippen LogP contribution in [0.4, 0.5) is 11.4 Å². The summed E-state index contributed by atoms with van der Waals surface area (Å²) in [5, 5.41) is 19.3. The molecule has 0 aliphatic heterocycles. The third-order valence-electron chi connectivity index (χ3n) is 4.15. The van der Waals surface area contributed by atoms with E-state index in [0.29, 0.717) is 5.39 Å². The van der Waals surface area contributed by atoms with Crippen molar-refractivity contribution in [2.45, 2.75) is 0 Å². The molecular formula is C21H12Cl2N2O3. The summed E-state index contributed by atoms with van der Waals surface area (Å²) >= 11 is 12.1. The van der Waals surface area contributed by atoms with Crippen LogP contribution in [0.3, 0.4) is 0 Å². The van der Waals surface area contributed by atoms with Crippen molar-refractivity contribution < 1.29 is 9.52 Å². The number of rotatable bonds is 3. The molecule has 0 saturated carbocycles. The summed E-state index contributed by atoms with van der Waals surface area (Å²) in [5.74, 6) is -0.323. The number of azo groups is 1. The Morgan fingerprint density at radius 1 is 0.786 bits per heavy atom. The highest BCUT2D eigenvalue weighted by Crippen LogP contribution is 2.37. The van der Waals surface area contributed by atoms with Crippen molar-refractivity contribution in [2.75, 3.05) is 0 Å². The van der Waals surface area contributed by atoms with E-state index in [4.69, 9.17) is 27.6 Å². The lowest BCUT2D eigenvalue weighted by Crippen LogP contribution is -1.98. The lowest BCUT2D eigenvalue weighted by molar-refractivity contribution is 0.470. The lowest BCUT2D eigenvalue weighted by atomic mass is 10.0. The van der Waals surface area contributed by atoms with Crippen LogP contribution in [0.15, 0.2) is 86.2 Å². The Balaban J connectivity index is 1.85. The molecule has 1 heterocycles. The number of hydrogen-bond acceptors (Lipinski definition) is 5. The summed E-state index contributed by atoms with van der Waals surface area (Å²) in [5.41, 5.74) is 1.12. The van der Waals surface area contributed by atoms with Gasteiger partial charge >= 0.3 is 5.63 Å². The van der Waals surface area contributed by atoms with Crippen LogP contribution in [-0.4, -0.2) is 5.11 Å². The van der Waals surface area contributed by atoms with Gasteiger partial charge in [0.1, 0.15) is 11.3 Å². The minimum absolute atomic E-state index is 0.197. The fourth-order valence-corrected chi connectivity index (χ4v) is 3.23. The molecule has 0 bridgehead atoms. The molecule has 0 saturated heterocycles. The molecule has 1 aromatic heterocycles. The van der Waals surface area contributed by atoms with E-state index >= 15 is 0 Å². The van der Waals surface area contributed by atoms with E-state index in [2.05, 4.69) is 10.2 Å². The van der Waals surface area contributed by atoms with Crippen LogP contribution in [0.25, 0.3) is 22.1 Å². The fraction of sp³-hybridized carbons (Fsp3) is 0. The summed E-state index contributed by atoms with van der Waals surface area (Å²) in [4.78, 5) is 12.3.